The second kappa shape index (κ2) is 6.53. The van der Waals surface area contributed by atoms with Crippen LogP contribution in [0.3, 0.4) is 0 Å². The van der Waals surface area contributed by atoms with Gasteiger partial charge in [0.25, 0.3) is 0 Å². The highest BCUT2D eigenvalue weighted by atomic mass is 127. The van der Waals surface area contributed by atoms with Crippen LogP contribution in [-0.2, 0) is 0 Å². The molecule has 0 aliphatic heterocycles. The predicted octanol–water partition coefficient (Wildman–Crippen LogP) is 7.99. The van der Waals surface area contributed by atoms with Gasteiger partial charge >= 0.3 is 0 Å². The summed E-state index contributed by atoms with van der Waals surface area (Å²) in [6, 6.07) is 33.0. The minimum Gasteiger partial charge on any atom is -0.135 e. The molecular formula is C24H15IS. The third-order valence-corrected chi connectivity index (χ3v) is 6.63. The number of thiophene rings is 1. The second-order valence-corrected chi connectivity index (χ2v) is 8.72. The highest BCUT2D eigenvalue weighted by Gasteiger charge is 2.06. The van der Waals surface area contributed by atoms with Gasteiger partial charge in [0.15, 0.2) is 0 Å². The van der Waals surface area contributed by atoms with E-state index in [1.165, 1.54) is 46.0 Å². The molecule has 5 aromatic rings. The summed E-state index contributed by atoms with van der Waals surface area (Å²) in [5, 5.41) is 2.71. The van der Waals surface area contributed by atoms with Crippen LogP contribution in [-0.4, -0.2) is 0 Å². The molecule has 1 heterocycles. The number of hydrogen-bond donors (Lipinski definition) is 0. The molecule has 4 aromatic carbocycles. The molecule has 0 nitrogen and oxygen atoms in total. The molecule has 2 heteroatoms. The van der Waals surface area contributed by atoms with Gasteiger partial charge in [0, 0.05) is 23.7 Å². The fourth-order valence-corrected chi connectivity index (χ4v) is 4.91. The van der Waals surface area contributed by atoms with E-state index < -0.39 is 0 Å². The summed E-state index contributed by atoms with van der Waals surface area (Å²) >= 11 is 4.21. The van der Waals surface area contributed by atoms with Gasteiger partial charge in [-0.25, -0.2) is 0 Å². The zero-order valence-corrected chi connectivity index (χ0v) is 16.9. The third kappa shape index (κ3) is 2.83. The highest BCUT2D eigenvalue weighted by Crippen LogP contribution is 2.36. The SMILES string of the molecule is Ic1ccc(-c2ccc(-c3ccc4c(c3)sc3ccccc34)cc2)cc1. The van der Waals surface area contributed by atoms with Crippen LogP contribution >= 0.6 is 33.9 Å². The van der Waals surface area contributed by atoms with Crippen molar-refractivity contribution in [2.75, 3.05) is 0 Å². The van der Waals surface area contributed by atoms with Gasteiger partial charge in [0.05, 0.1) is 0 Å². The van der Waals surface area contributed by atoms with Crippen LogP contribution in [0.25, 0.3) is 42.4 Å². The van der Waals surface area contributed by atoms with Crippen molar-refractivity contribution < 1.29 is 0 Å². The molecule has 0 unspecified atom stereocenters. The van der Waals surface area contributed by atoms with Crippen molar-refractivity contribution in [2.45, 2.75) is 0 Å². The minimum absolute atomic E-state index is 1.26. The van der Waals surface area contributed by atoms with Crippen molar-refractivity contribution in [3.05, 3.63) is 94.6 Å². The molecule has 0 saturated heterocycles. The van der Waals surface area contributed by atoms with Crippen molar-refractivity contribution >= 4 is 54.1 Å². The standard InChI is InChI=1S/C24H15IS/c25-20-12-9-17(10-13-20)16-5-7-18(8-6-16)19-11-14-22-21-3-1-2-4-23(21)26-24(22)15-19/h1-15H. The Kier molecular flexibility index (Phi) is 4.03. The Balaban J connectivity index is 1.54. The Labute approximate surface area is 170 Å². The van der Waals surface area contributed by atoms with Gasteiger partial charge in [-0.05, 0) is 69.1 Å². The Morgan fingerprint density at radius 3 is 1.77 bits per heavy atom. The van der Waals surface area contributed by atoms with Crippen LogP contribution in [0.1, 0.15) is 0 Å². The molecule has 0 fully saturated rings. The minimum atomic E-state index is 1.26. The second-order valence-electron chi connectivity index (χ2n) is 6.39. The zero-order valence-electron chi connectivity index (χ0n) is 13.9. The summed E-state index contributed by atoms with van der Waals surface area (Å²) in [7, 11) is 0. The summed E-state index contributed by atoms with van der Waals surface area (Å²) in [6.07, 6.45) is 0. The van der Waals surface area contributed by atoms with Crippen molar-refractivity contribution in [1.29, 1.82) is 0 Å². The van der Waals surface area contributed by atoms with Crippen LogP contribution in [0.4, 0.5) is 0 Å². The van der Waals surface area contributed by atoms with E-state index in [2.05, 4.69) is 114 Å². The van der Waals surface area contributed by atoms with Crippen LogP contribution in [0, 0.1) is 3.57 Å². The molecule has 0 spiro atoms. The number of fused-ring (bicyclic) bond motifs is 3. The lowest BCUT2D eigenvalue weighted by Crippen LogP contribution is -1.81. The van der Waals surface area contributed by atoms with E-state index in [4.69, 9.17) is 0 Å². The van der Waals surface area contributed by atoms with Crippen molar-refractivity contribution in [3.8, 4) is 22.3 Å². The van der Waals surface area contributed by atoms with Gasteiger partial charge < -0.3 is 0 Å². The van der Waals surface area contributed by atoms with E-state index in [1.807, 2.05) is 11.3 Å². The summed E-state index contributed by atoms with van der Waals surface area (Å²) in [4.78, 5) is 0. The molecule has 0 radical (unpaired) electrons. The van der Waals surface area contributed by atoms with E-state index in [0.29, 0.717) is 0 Å². The average Bonchev–Trinajstić information content (AvgIpc) is 3.06. The Morgan fingerprint density at radius 2 is 1.04 bits per heavy atom. The van der Waals surface area contributed by atoms with Crippen molar-refractivity contribution in [1.82, 2.24) is 0 Å². The quantitative estimate of drug-likeness (QED) is 0.233. The molecular weight excluding hydrogens is 447 g/mol. The van der Waals surface area contributed by atoms with E-state index >= 15 is 0 Å². The van der Waals surface area contributed by atoms with Gasteiger partial charge in [-0.3, -0.25) is 0 Å². The average molecular weight is 462 g/mol. The smallest absolute Gasteiger partial charge is 0.0361 e. The summed E-state index contributed by atoms with van der Waals surface area (Å²) < 4.78 is 3.97. The normalized spacial score (nSPS) is 11.3. The maximum absolute atomic E-state index is 2.34. The lowest BCUT2D eigenvalue weighted by molar-refractivity contribution is 1.58. The van der Waals surface area contributed by atoms with Gasteiger partial charge in [-0.1, -0.05) is 66.7 Å². The fraction of sp³-hybridized carbons (Fsp3) is 0. The van der Waals surface area contributed by atoms with E-state index in [-0.39, 0.29) is 0 Å². The topological polar surface area (TPSA) is 0 Å². The van der Waals surface area contributed by atoms with Crippen LogP contribution < -0.4 is 0 Å². The van der Waals surface area contributed by atoms with Crippen LogP contribution in [0.5, 0.6) is 0 Å². The van der Waals surface area contributed by atoms with Crippen molar-refractivity contribution in [2.24, 2.45) is 0 Å². The van der Waals surface area contributed by atoms with Gasteiger partial charge in [0.2, 0.25) is 0 Å². The molecule has 0 saturated carbocycles. The van der Waals surface area contributed by atoms with E-state index in [1.54, 1.807) is 0 Å². The first-order chi connectivity index (χ1) is 12.8. The Hall–Kier alpha value is -2.17. The van der Waals surface area contributed by atoms with Gasteiger partial charge in [-0.2, -0.15) is 0 Å². The largest absolute Gasteiger partial charge is 0.135 e. The molecule has 0 atom stereocenters. The monoisotopic (exact) mass is 462 g/mol. The third-order valence-electron chi connectivity index (χ3n) is 4.77. The summed E-state index contributed by atoms with van der Waals surface area (Å²) in [5.74, 6) is 0. The van der Waals surface area contributed by atoms with E-state index in [9.17, 15) is 0 Å². The fourth-order valence-electron chi connectivity index (χ4n) is 3.40. The number of rotatable bonds is 2. The molecule has 5 rings (SSSR count). The lowest BCUT2D eigenvalue weighted by atomic mass is 9.99. The summed E-state index contributed by atoms with van der Waals surface area (Å²) in [5.41, 5.74) is 5.06. The van der Waals surface area contributed by atoms with Crippen molar-refractivity contribution in [3.63, 3.8) is 0 Å². The Morgan fingerprint density at radius 1 is 0.500 bits per heavy atom. The molecule has 0 N–H and O–H groups in total. The van der Waals surface area contributed by atoms with Crippen LogP contribution in [0.2, 0.25) is 0 Å². The van der Waals surface area contributed by atoms with E-state index in [0.717, 1.165) is 0 Å². The maximum Gasteiger partial charge on any atom is 0.0361 e. The summed E-state index contributed by atoms with van der Waals surface area (Å²) in [6.45, 7) is 0. The van der Waals surface area contributed by atoms with Crippen LogP contribution in [0.15, 0.2) is 91.0 Å². The Bertz CT molecular complexity index is 1220. The molecule has 1 aromatic heterocycles. The highest BCUT2D eigenvalue weighted by molar-refractivity contribution is 14.1. The molecule has 124 valence electrons. The predicted molar refractivity (Wildman–Crippen MR) is 123 cm³/mol. The maximum atomic E-state index is 2.34. The molecule has 0 bridgehead atoms. The first-order valence-electron chi connectivity index (χ1n) is 8.56. The first kappa shape index (κ1) is 16.0. The molecule has 0 aliphatic rings. The number of hydrogen-bond acceptors (Lipinski definition) is 1. The molecule has 0 aliphatic carbocycles. The first-order valence-corrected chi connectivity index (χ1v) is 10.5. The molecule has 26 heavy (non-hydrogen) atoms. The zero-order chi connectivity index (χ0) is 17.5. The number of benzene rings is 4. The van der Waals surface area contributed by atoms with Gasteiger partial charge in [0.1, 0.15) is 0 Å². The number of halogens is 1. The lowest BCUT2D eigenvalue weighted by Gasteiger charge is -2.06. The molecule has 0 amide bonds. The van der Waals surface area contributed by atoms with Gasteiger partial charge in [-0.15, -0.1) is 11.3 Å².